The van der Waals surface area contributed by atoms with E-state index >= 15 is 0 Å². The second-order valence-corrected chi connectivity index (χ2v) is 5.04. The summed E-state index contributed by atoms with van der Waals surface area (Å²) in [5.41, 5.74) is 0.689. The van der Waals surface area contributed by atoms with Crippen molar-refractivity contribution in [2.24, 2.45) is 0 Å². The van der Waals surface area contributed by atoms with Gasteiger partial charge in [0.05, 0.1) is 20.8 Å². The van der Waals surface area contributed by atoms with Crippen LogP contribution in [0.4, 0.5) is 11.6 Å². The minimum absolute atomic E-state index is 0.434. The summed E-state index contributed by atoms with van der Waals surface area (Å²) >= 11 is 18.0. The lowest BCUT2D eigenvalue weighted by Gasteiger charge is -2.11. The molecule has 0 radical (unpaired) electrons. The second-order valence-electron chi connectivity index (χ2n) is 3.82. The van der Waals surface area contributed by atoms with E-state index in [1.807, 2.05) is 10.8 Å². The van der Waals surface area contributed by atoms with E-state index in [2.05, 4.69) is 17.2 Å². The Morgan fingerprint density at radius 1 is 1.17 bits per heavy atom. The number of nitrogens with one attached hydrogen (secondary N) is 1. The summed E-state index contributed by atoms with van der Waals surface area (Å²) in [6, 6.07) is 3.30. The Kier molecular flexibility index (Phi) is 4.38. The van der Waals surface area contributed by atoms with E-state index in [1.165, 1.54) is 0 Å². The van der Waals surface area contributed by atoms with Crippen LogP contribution in [0.5, 0.6) is 0 Å². The van der Waals surface area contributed by atoms with Crippen LogP contribution >= 0.6 is 34.8 Å². The molecule has 0 aliphatic heterocycles. The van der Waals surface area contributed by atoms with Gasteiger partial charge < -0.3 is 9.88 Å². The van der Waals surface area contributed by atoms with Gasteiger partial charge in [0.25, 0.3) is 0 Å². The van der Waals surface area contributed by atoms with Gasteiger partial charge in [0.1, 0.15) is 0 Å². The Hall–Kier alpha value is -0.900. The minimum atomic E-state index is 0.434. The van der Waals surface area contributed by atoms with Crippen LogP contribution in [-0.2, 0) is 6.54 Å². The van der Waals surface area contributed by atoms with Crippen LogP contribution in [-0.4, -0.2) is 9.55 Å². The Labute approximate surface area is 121 Å². The van der Waals surface area contributed by atoms with E-state index in [1.54, 1.807) is 18.3 Å². The van der Waals surface area contributed by atoms with Gasteiger partial charge in [-0.1, -0.05) is 41.7 Å². The number of nitrogens with zero attached hydrogens (tertiary/aromatic N) is 2. The molecule has 3 nitrogen and oxygen atoms in total. The maximum absolute atomic E-state index is 6.11. The monoisotopic (exact) mass is 303 g/mol. The second kappa shape index (κ2) is 5.83. The zero-order valence-corrected chi connectivity index (χ0v) is 12.0. The fourth-order valence-electron chi connectivity index (χ4n) is 1.59. The predicted molar refractivity (Wildman–Crippen MR) is 77.3 cm³/mol. The Morgan fingerprint density at radius 3 is 2.61 bits per heavy atom. The van der Waals surface area contributed by atoms with Crippen LogP contribution in [0.3, 0.4) is 0 Å². The highest BCUT2D eigenvalue weighted by atomic mass is 35.5. The number of aromatic nitrogens is 2. The molecule has 1 aromatic carbocycles. The molecule has 1 N–H and O–H groups in total. The molecular weight excluding hydrogens is 293 g/mol. The number of halogens is 3. The van der Waals surface area contributed by atoms with Crippen LogP contribution in [0, 0.1) is 0 Å². The van der Waals surface area contributed by atoms with E-state index in [0.29, 0.717) is 20.8 Å². The van der Waals surface area contributed by atoms with Crippen molar-refractivity contribution in [3.8, 4) is 0 Å². The van der Waals surface area contributed by atoms with Crippen molar-refractivity contribution in [2.45, 2.75) is 19.9 Å². The van der Waals surface area contributed by atoms with Crippen LogP contribution < -0.4 is 5.32 Å². The summed E-state index contributed by atoms with van der Waals surface area (Å²) in [6.07, 6.45) is 4.68. The van der Waals surface area contributed by atoms with Crippen molar-refractivity contribution < 1.29 is 0 Å². The van der Waals surface area contributed by atoms with E-state index < -0.39 is 0 Å². The van der Waals surface area contributed by atoms with Crippen molar-refractivity contribution in [3.63, 3.8) is 0 Å². The first-order valence-corrected chi connectivity index (χ1v) is 6.68. The molecule has 0 aliphatic carbocycles. The van der Waals surface area contributed by atoms with Gasteiger partial charge in [-0.05, 0) is 18.6 Å². The molecule has 0 bridgehead atoms. The molecule has 0 fully saturated rings. The molecule has 6 heteroatoms. The van der Waals surface area contributed by atoms with Crippen molar-refractivity contribution in [3.05, 3.63) is 39.6 Å². The molecule has 0 spiro atoms. The van der Waals surface area contributed by atoms with Crippen molar-refractivity contribution in [1.29, 1.82) is 0 Å². The van der Waals surface area contributed by atoms with Crippen LogP contribution in [0.25, 0.3) is 0 Å². The summed E-state index contributed by atoms with van der Waals surface area (Å²) in [6.45, 7) is 3.00. The summed E-state index contributed by atoms with van der Waals surface area (Å²) in [4.78, 5) is 4.24. The lowest BCUT2D eigenvalue weighted by molar-refractivity contribution is 0.686. The first kappa shape index (κ1) is 13.5. The van der Waals surface area contributed by atoms with Gasteiger partial charge >= 0.3 is 0 Å². The normalized spacial score (nSPS) is 10.7. The third-order valence-electron chi connectivity index (χ3n) is 2.44. The summed E-state index contributed by atoms with van der Waals surface area (Å²) < 4.78 is 2.01. The van der Waals surface area contributed by atoms with E-state index in [-0.39, 0.29) is 0 Å². The Morgan fingerprint density at radius 2 is 1.89 bits per heavy atom. The third-order valence-corrected chi connectivity index (χ3v) is 3.47. The third kappa shape index (κ3) is 2.91. The van der Waals surface area contributed by atoms with Gasteiger partial charge in [-0.25, -0.2) is 4.98 Å². The quantitative estimate of drug-likeness (QED) is 0.806. The number of aryl methyl sites for hydroxylation is 1. The van der Waals surface area contributed by atoms with Crippen LogP contribution in [0.15, 0.2) is 24.5 Å². The highest BCUT2D eigenvalue weighted by Crippen LogP contribution is 2.33. The molecule has 0 saturated carbocycles. The van der Waals surface area contributed by atoms with Gasteiger partial charge in [0, 0.05) is 18.9 Å². The largest absolute Gasteiger partial charge is 0.324 e. The van der Waals surface area contributed by atoms with Crippen LogP contribution in [0.1, 0.15) is 13.3 Å². The van der Waals surface area contributed by atoms with Crippen molar-refractivity contribution in [1.82, 2.24) is 9.55 Å². The van der Waals surface area contributed by atoms with Gasteiger partial charge in [-0.3, -0.25) is 0 Å². The number of anilines is 2. The number of rotatable bonds is 4. The molecule has 1 heterocycles. The lowest BCUT2D eigenvalue weighted by Crippen LogP contribution is -2.03. The molecule has 0 atom stereocenters. The Bertz CT molecular complexity index is 551. The number of hydrogen-bond acceptors (Lipinski definition) is 2. The smallest absolute Gasteiger partial charge is 0.207 e. The molecule has 96 valence electrons. The fraction of sp³-hybridized carbons (Fsp3) is 0.250. The van der Waals surface area contributed by atoms with Gasteiger partial charge in [0.15, 0.2) is 0 Å². The molecule has 0 saturated heterocycles. The molecule has 18 heavy (non-hydrogen) atoms. The highest BCUT2D eigenvalue weighted by molar-refractivity contribution is 6.44. The molecule has 2 aromatic rings. The van der Waals surface area contributed by atoms with Gasteiger partial charge in [-0.2, -0.15) is 0 Å². The first-order chi connectivity index (χ1) is 8.61. The molecule has 0 unspecified atom stereocenters. The molecule has 0 amide bonds. The lowest BCUT2D eigenvalue weighted by atomic mass is 10.3. The van der Waals surface area contributed by atoms with E-state index in [9.17, 15) is 0 Å². The van der Waals surface area contributed by atoms with E-state index in [0.717, 1.165) is 18.9 Å². The number of imidazole rings is 1. The number of hydrogen-bond donors (Lipinski definition) is 1. The van der Waals surface area contributed by atoms with Gasteiger partial charge in [-0.15, -0.1) is 0 Å². The maximum Gasteiger partial charge on any atom is 0.207 e. The van der Waals surface area contributed by atoms with Crippen molar-refractivity contribution in [2.75, 3.05) is 5.32 Å². The topological polar surface area (TPSA) is 29.9 Å². The maximum atomic E-state index is 6.11. The fourth-order valence-corrected chi connectivity index (χ4v) is 2.19. The summed E-state index contributed by atoms with van der Waals surface area (Å²) in [5, 5.41) is 4.55. The highest BCUT2D eigenvalue weighted by Gasteiger charge is 2.08. The predicted octanol–water partition coefficient (Wildman–Crippen LogP) is 5.00. The standard InChI is InChI=1S/C12H12Cl3N3/c1-2-4-18-5-3-16-12(18)17-11-7-9(14)8(13)6-10(11)15/h3,5-7H,2,4H2,1H3,(H,16,17). The average molecular weight is 305 g/mol. The Balaban J connectivity index is 2.28. The zero-order valence-electron chi connectivity index (χ0n) is 9.75. The molecule has 0 aliphatic rings. The van der Waals surface area contributed by atoms with Crippen molar-refractivity contribution >= 4 is 46.4 Å². The first-order valence-electron chi connectivity index (χ1n) is 5.54. The van der Waals surface area contributed by atoms with Crippen LogP contribution in [0.2, 0.25) is 15.1 Å². The average Bonchev–Trinajstić information content (AvgIpc) is 2.74. The number of benzene rings is 1. The minimum Gasteiger partial charge on any atom is -0.324 e. The summed E-state index contributed by atoms with van der Waals surface area (Å²) in [7, 11) is 0. The molecular formula is C12H12Cl3N3. The molecule has 2 rings (SSSR count). The zero-order chi connectivity index (χ0) is 13.1. The molecule has 1 aromatic heterocycles. The summed E-state index contributed by atoms with van der Waals surface area (Å²) in [5.74, 6) is 0.733. The SMILES string of the molecule is CCCn1ccnc1Nc1cc(Cl)c(Cl)cc1Cl. The van der Waals surface area contributed by atoms with E-state index in [4.69, 9.17) is 34.8 Å². The van der Waals surface area contributed by atoms with Gasteiger partial charge in [0.2, 0.25) is 5.95 Å².